The molecule has 94 valence electrons. The lowest BCUT2D eigenvalue weighted by Crippen LogP contribution is -2.40. The van der Waals surface area contributed by atoms with Gasteiger partial charge in [0.2, 0.25) is 0 Å². The fourth-order valence-corrected chi connectivity index (χ4v) is 0.704. The fourth-order valence-electron chi connectivity index (χ4n) is 0.704. The summed E-state index contributed by atoms with van der Waals surface area (Å²) in [5, 5.41) is 0. The maximum Gasteiger partial charge on any atom is 0.469 e. The van der Waals surface area contributed by atoms with Crippen LogP contribution in [-0.2, 0) is 9.31 Å². The lowest BCUT2D eigenvalue weighted by atomic mass is 9.84. The largest absolute Gasteiger partial charge is 0.469 e. The van der Waals surface area contributed by atoms with Gasteiger partial charge in [-0.25, -0.2) is 8.78 Å². The van der Waals surface area contributed by atoms with Crippen molar-refractivity contribution in [3.05, 3.63) is 12.7 Å². The number of alkyl halides is 6. The third-order valence-corrected chi connectivity index (χ3v) is 1.28. The molecule has 0 saturated heterocycles. The molecule has 2 nitrogen and oxygen atoms in total. The molecule has 0 amide bonds. The van der Waals surface area contributed by atoms with E-state index in [1.165, 1.54) is 0 Å². The highest BCUT2D eigenvalue weighted by Gasteiger charge is 2.42. The Morgan fingerprint density at radius 2 is 1.38 bits per heavy atom. The van der Waals surface area contributed by atoms with Gasteiger partial charge in [-0.1, -0.05) is 6.08 Å². The maximum absolute atomic E-state index is 12.4. The Kier molecular flexibility index (Phi) is 5.88. The van der Waals surface area contributed by atoms with Crippen molar-refractivity contribution in [3.8, 4) is 0 Å². The van der Waals surface area contributed by atoms with Gasteiger partial charge in [-0.2, -0.15) is 17.6 Å². The van der Waals surface area contributed by atoms with Crippen molar-refractivity contribution in [1.82, 2.24) is 0 Å². The summed E-state index contributed by atoms with van der Waals surface area (Å²) in [5.41, 5.74) is 0. The zero-order chi connectivity index (χ0) is 12.8. The number of hydrogen-bond donors (Lipinski definition) is 0. The first-order valence-electron chi connectivity index (χ1n) is 4.10. The van der Waals surface area contributed by atoms with E-state index in [0.29, 0.717) is 0 Å². The molecule has 0 aliphatic rings. The second kappa shape index (κ2) is 6.14. The lowest BCUT2D eigenvalue weighted by molar-refractivity contribution is -0.235. The Hall–Kier alpha value is -0.695. The molecule has 0 heterocycles. The molecule has 0 aliphatic carbocycles. The van der Waals surface area contributed by atoms with Gasteiger partial charge < -0.3 is 9.31 Å². The Balaban J connectivity index is 4.44. The quantitative estimate of drug-likeness (QED) is 0.374. The molecule has 0 bridgehead atoms. The van der Waals surface area contributed by atoms with Crippen LogP contribution in [0.15, 0.2) is 12.7 Å². The Bertz CT molecular complexity index is 207. The van der Waals surface area contributed by atoms with Gasteiger partial charge in [0, 0.05) is 6.32 Å². The molecule has 16 heavy (non-hydrogen) atoms. The molecule has 0 aromatic carbocycles. The van der Waals surface area contributed by atoms with E-state index in [1.807, 2.05) is 0 Å². The van der Waals surface area contributed by atoms with Crippen LogP contribution < -0.4 is 0 Å². The third-order valence-electron chi connectivity index (χ3n) is 1.28. The van der Waals surface area contributed by atoms with Crippen LogP contribution in [-0.4, -0.2) is 32.7 Å². The van der Waals surface area contributed by atoms with Gasteiger partial charge >= 0.3 is 19.3 Å². The molecule has 0 aliphatic heterocycles. The molecule has 0 aromatic heterocycles. The van der Waals surface area contributed by atoms with Crippen molar-refractivity contribution in [3.63, 3.8) is 0 Å². The maximum atomic E-state index is 12.4. The average molecular weight is 250 g/mol. The summed E-state index contributed by atoms with van der Waals surface area (Å²) >= 11 is 0. The normalized spacial score (nSPS) is 12.6. The highest BCUT2D eigenvalue weighted by molar-refractivity contribution is 6.45. The molecule has 0 saturated carbocycles. The molecule has 0 fully saturated rings. The average Bonchev–Trinajstić information content (AvgIpc) is 2.17. The van der Waals surface area contributed by atoms with Crippen molar-refractivity contribution in [2.45, 2.75) is 18.5 Å². The molecule has 0 rings (SSSR count). The van der Waals surface area contributed by atoms with E-state index in [4.69, 9.17) is 0 Å². The summed E-state index contributed by atoms with van der Waals surface area (Å²) in [6.07, 6.45) is -8.15. The molecule has 0 aromatic rings. The number of hydrogen-bond acceptors (Lipinski definition) is 2. The summed E-state index contributed by atoms with van der Waals surface area (Å²) in [6, 6.07) is 0. The van der Waals surface area contributed by atoms with Crippen LogP contribution in [0.1, 0.15) is 0 Å². The van der Waals surface area contributed by atoms with Crippen molar-refractivity contribution >= 4 is 7.12 Å². The first kappa shape index (κ1) is 15.3. The summed E-state index contributed by atoms with van der Waals surface area (Å²) in [6.45, 7) is -1.33. The van der Waals surface area contributed by atoms with E-state index in [2.05, 4.69) is 15.9 Å². The van der Waals surface area contributed by atoms with Crippen LogP contribution in [0.2, 0.25) is 6.32 Å². The summed E-state index contributed by atoms with van der Waals surface area (Å²) in [5.74, 6) is 0. The highest BCUT2D eigenvalue weighted by atomic mass is 19.3. The van der Waals surface area contributed by atoms with E-state index >= 15 is 0 Å². The molecule has 0 N–H and O–H groups in total. The van der Waals surface area contributed by atoms with Gasteiger partial charge in [-0.05, 0) is 0 Å². The van der Waals surface area contributed by atoms with E-state index in [9.17, 15) is 26.3 Å². The number of allylic oxidation sites excluding steroid dienone is 1. The zero-order valence-corrected chi connectivity index (χ0v) is 8.07. The Labute approximate surface area is 88.4 Å². The first-order valence-corrected chi connectivity index (χ1v) is 4.10. The van der Waals surface area contributed by atoms with Crippen molar-refractivity contribution < 1.29 is 35.7 Å². The number of rotatable bonds is 8. The second-order valence-electron chi connectivity index (χ2n) is 2.73. The van der Waals surface area contributed by atoms with Gasteiger partial charge in [-0.3, -0.25) is 0 Å². The predicted octanol–water partition coefficient (Wildman–Crippen LogP) is 2.82. The molecular formula is C7H9BF6O2. The van der Waals surface area contributed by atoms with E-state index in [-0.39, 0.29) is 0 Å². The van der Waals surface area contributed by atoms with Gasteiger partial charge in [0.15, 0.2) is 13.3 Å². The molecular weight excluding hydrogens is 241 g/mol. The smallest absolute Gasteiger partial charge is 0.350 e. The van der Waals surface area contributed by atoms with Crippen LogP contribution in [0.25, 0.3) is 0 Å². The lowest BCUT2D eigenvalue weighted by Gasteiger charge is -2.22. The third kappa shape index (κ3) is 6.01. The Morgan fingerprint density at radius 3 is 1.62 bits per heavy atom. The van der Waals surface area contributed by atoms with E-state index in [0.717, 1.165) is 6.08 Å². The Morgan fingerprint density at radius 1 is 1.00 bits per heavy atom. The fraction of sp³-hybridized carbons (Fsp3) is 0.714. The van der Waals surface area contributed by atoms with Crippen LogP contribution in [0.4, 0.5) is 26.3 Å². The van der Waals surface area contributed by atoms with Crippen molar-refractivity contribution in [2.24, 2.45) is 0 Å². The molecule has 0 atom stereocenters. The van der Waals surface area contributed by atoms with Crippen LogP contribution >= 0.6 is 0 Å². The van der Waals surface area contributed by atoms with Crippen molar-refractivity contribution in [2.75, 3.05) is 13.3 Å². The zero-order valence-electron chi connectivity index (χ0n) is 8.07. The standard InChI is InChI=1S/C7H9BF6O2/c1-2-3-8(15-6(11,12)4-9)16-7(13,14)5-10/h2H,1,3-5H2. The molecule has 0 unspecified atom stereocenters. The van der Waals surface area contributed by atoms with Gasteiger partial charge in [0.25, 0.3) is 0 Å². The minimum Gasteiger partial charge on any atom is -0.350 e. The first-order chi connectivity index (χ1) is 7.26. The summed E-state index contributed by atoms with van der Waals surface area (Å²) < 4.78 is 80.0. The minimum absolute atomic E-state index is 0.564. The number of halogens is 6. The molecule has 0 spiro atoms. The van der Waals surface area contributed by atoms with E-state index < -0.39 is 39.0 Å². The van der Waals surface area contributed by atoms with Gasteiger partial charge in [0.05, 0.1) is 0 Å². The van der Waals surface area contributed by atoms with E-state index in [1.54, 1.807) is 0 Å². The monoisotopic (exact) mass is 250 g/mol. The second-order valence-corrected chi connectivity index (χ2v) is 2.73. The van der Waals surface area contributed by atoms with Crippen molar-refractivity contribution in [1.29, 1.82) is 0 Å². The van der Waals surface area contributed by atoms with Gasteiger partial charge in [-0.15, -0.1) is 6.58 Å². The van der Waals surface area contributed by atoms with Crippen LogP contribution in [0, 0.1) is 0 Å². The minimum atomic E-state index is -4.26. The molecule has 9 heteroatoms. The van der Waals surface area contributed by atoms with Gasteiger partial charge in [0.1, 0.15) is 0 Å². The topological polar surface area (TPSA) is 18.5 Å². The predicted molar refractivity (Wildman–Crippen MR) is 44.8 cm³/mol. The highest BCUT2D eigenvalue weighted by Crippen LogP contribution is 2.24. The molecule has 0 radical (unpaired) electrons. The SMILES string of the molecule is C=CCB(OC(F)(F)CF)OC(F)(F)CF. The summed E-state index contributed by atoms with van der Waals surface area (Å²) in [4.78, 5) is 0. The summed E-state index contributed by atoms with van der Waals surface area (Å²) in [7, 11) is -2.17. The van der Waals surface area contributed by atoms with Crippen LogP contribution in [0.3, 0.4) is 0 Å². The van der Waals surface area contributed by atoms with Crippen LogP contribution in [0.5, 0.6) is 0 Å².